The van der Waals surface area contributed by atoms with Crippen LogP contribution in [0.1, 0.15) is 46.0 Å². The maximum absolute atomic E-state index is 11.5. The van der Waals surface area contributed by atoms with Crippen molar-refractivity contribution in [3.63, 3.8) is 0 Å². The second-order valence-corrected chi connectivity index (χ2v) is 7.07. The van der Waals surface area contributed by atoms with E-state index in [0.717, 1.165) is 0 Å². The number of carbonyl (C=O) groups excluding carboxylic acids is 8. The highest BCUT2D eigenvalue weighted by atomic mass is 16.7. The molecule has 0 spiro atoms. The Hall–Kier alpha value is -4.82. The van der Waals surface area contributed by atoms with Crippen LogP contribution >= 0.6 is 0 Å². The molecule has 3 heterocycles. The number of rotatable bonds is 6. The standard InChI is InChI=1S/C11H10N2O9.C4H5NO3.C3H4O5.CH4/c14-5-1-2-6(15)12(5)21-10(19)9(18)11(20)22-13-7(16)3-4-8(13)17;6-3-1-2-4(7)5(3)8;4-1(2(5)6)3(7)8;/h9,18H,1-4H2;8H,1-2H2;1,4H,(H,5,6)(H,7,8);1H4. The average molecular weight is 565 g/mol. The van der Waals surface area contributed by atoms with E-state index < -0.39 is 71.5 Å². The fourth-order valence-electron chi connectivity index (χ4n) is 2.36. The van der Waals surface area contributed by atoms with Crippen LogP contribution in [0.15, 0.2) is 0 Å². The molecule has 3 fully saturated rings. The molecule has 3 saturated heterocycles. The van der Waals surface area contributed by atoms with Gasteiger partial charge in [0, 0.05) is 38.5 Å². The quantitative estimate of drug-likeness (QED) is 0.117. The first kappa shape index (κ1) is 34.2. The van der Waals surface area contributed by atoms with Crippen LogP contribution in [0.4, 0.5) is 0 Å². The molecule has 5 N–H and O–H groups in total. The van der Waals surface area contributed by atoms with Crippen molar-refractivity contribution in [1.29, 1.82) is 0 Å². The third-order valence-corrected chi connectivity index (χ3v) is 4.31. The molecule has 0 saturated carbocycles. The van der Waals surface area contributed by atoms with Crippen molar-refractivity contribution in [2.45, 2.75) is 58.2 Å². The molecule has 3 rings (SSSR count). The van der Waals surface area contributed by atoms with Crippen LogP contribution in [0.2, 0.25) is 0 Å². The number of nitrogens with zero attached hydrogens (tertiary/aromatic N) is 3. The summed E-state index contributed by atoms with van der Waals surface area (Å²) in [4.78, 5) is 116. The molecule has 6 amide bonds. The summed E-state index contributed by atoms with van der Waals surface area (Å²) >= 11 is 0. The third kappa shape index (κ3) is 9.53. The van der Waals surface area contributed by atoms with E-state index >= 15 is 0 Å². The SMILES string of the molecule is C.O=C(O)C(O)C(=O)O.O=C(ON1C(=O)CCC1=O)C(O)C(=O)ON1C(=O)CCC1=O.O=C1CCC(=O)N1O. The van der Waals surface area contributed by atoms with Gasteiger partial charge in [0.15, 0.2) is 0 Å². The molecule has 0 aromatic heterocycles. The first-order valence-electron chi connectivity index (χ1n) is 10.1. The first-order valence-corrected chi connectivity index (χ1v) is 10.1. The van der Waals surface area contributed by atoms with Gasteiger partial charge in [0.2, 0.25) is 6.10 Å². The summed E-state index contributed by atoms with van der Waals surface area (Å²) < 4.78 is 0. The van der Waals surface area contributed by atoms with Crippen LogP contribution in [0, 0.1) is 0 Å². The highest BCUT2D eigenvalue weighted by molar-refractivity contribution is 6.05. The van der Waals surface area contributed by atoms with Gasteiger partial charge >= 0.3 is 23.9 Å². The molecular formula is C19H23N3O17. The lowest BCUT2D eigenvalue weighted by Gasteiger charge is -2.17. The minimum absolute atomic E-state index is 0. The third-order valence-electron chi connectivity index (χ3n) is 4.31. The van der Waals surface area contributed by atoms with Crippen molar-refractivity contribution >= 4 is 59.3 Å². The Balaban J connectivity index is 0.000000698. The van der Waals surface area contributed by atoms with Crippen molar-refractivity contribution in [2.75, 3.05) is 0 Å². The van der Waals surface area contributed by atoms with Gasteiger partial charge in [0.1, 0.15) is 0 Å². The van der Waals surface area contributed by atoms with Crippen LogP contribution in [-0.2, 0) is 57.6 Å². The zero-order chi connectivity index (χ0) is 29.3. The molecule has 0 bridgehead atoms. The number of aliphatic carboxylic acids is 2. The maximum atomic E-state index is 11.5. The van der Waals surface area contributed by atoms with E-state index in [-0.39, 0.29) is 61.1 Å². The summed E-state index contributed by atoms with van der Waals surface area (Å²) in [6, 6.07) is 0. The Morgan fingerprint density at radius 2 is 0.821 bits per heavy atom. The van der Waals surface area contributed by atoms with Crippen molar-refractivity contribution in [2.24, 2.45) is 0 Å². The molecule has 0 radical (unpaired) electrons. The second kappa shape index (κ2) is 14.8. The number of amides is 6. The lowest BCUT2D eigenvalue weighted by molar-refractivity contribution is -0.215. The molecule has 0 aliphatic carbocycles. The summed E-state index contributed by atoms with van der Waals surface area (Å²) in [6.07, 6.45) is -5.18. The molecule has 0 aromatic carbocycles. The van der Waals surface area contributed by atoms with E-state index in [1.807, 2.05) is 0 Å². The average Bonchev–Trinajstić information content (AvgIpc) is 3.46. The molecule has 216 valence electrons. The predicted octanol–water partition coefficient (Wildman–Crippen LogP) is -3.76. The zero-order valence-corrected chi connectivity index (χ0v) is 18.9. The van der Waals surface area contributed by atoms with Gasteiger partial charge in [-0.3, -0.25) is 34.0 Å². The smallest absolute Gasteiger partial charge is 0.373 e. The number of aliphatic hydroxyl groups excluding tert-OH is 2. The van der Waals surface area contributed by atoms with Crippen molar-refractivity contribution in [3.8, 4) is 0 Å². The van der Waals surface area contributed by atoms with E-state index in [1.165, 1.54) is 0 Å². The lowest BCUT2D eigenvalue weighted by Crippen LogP contribution is -2.43. The first-order chi connectivity index (χ1) is 17.6. The highest BCUT2D eigenvalue weighted by Gasteiger charge is 2.40. The summed E-state index contributed by atoms with van der Waals surface area (Å²) in [5.74, 6) is -11.0. The largest absolute Gasteiger partial charge is 0.479 e. The molecule has 39 heavy (non-hydrogen) atoms. The number of hydrogen-bond acceptors (Lipinski definition) is 15. The Labute approximate surface area is 216 Å². The van der Waals surface area contributed by atoms with Crippen LogP contribution in [0.3, 0.4) is 0 Å². The Morgan fingerprint density at radius 3 is 1.00 bits per heavy atom. The monoisotopic (exact) mass is 565 g/mol. The van der Waals surface area contributed by atoms with Gasteiger partial charge in [-0.05, 0) is 0 Å². The number of carbonyl (C=O) groups is 10. The van der Waals surface area contributed by atoms with Gasteiger partial charge in [0.05, 0.1) is 0 Å². The van der Waals surface area contributed by atoms with E-state index in [2.05, 4.69) is 9.68 Å². The number of imide groups is 3. The topological polar surface area (TPSA) is 300 Å². The molecule has 3 aliphatic rings. The molecule has 20 heteroatoms. The van der Waals surface area contributed by atoms with Crippen molar-refractivity contribution < 1.29 is 83.3 Å². The van der Waals surface area contributed by atoms with Gasteiger partial charge in [0.25, 0.3) is 41.5 Å². The van der Waals surface area contributed by atoms with Crippen LogP contribution < -0.4 is 0 Å². The van der Waals surface area contributed by atoms with Crippen LogP contribution in [0.25, 0.3) is 0 Å². The second-order valence-electron chi connectivity index (χ2n) is 7.07. The van der Waals surface area contributed by atoms with E-state index in [4.69, 9.17) is 20.5 Å². The van der Waals surface area contributed by atoms with E-state index in [1.54, 1.807) is 0 Å². The van der Waals surface area contributed by atoms with Gasteiger partial charge in [-0.15, -0.1) is 10.1 Å². The van der Waals surface area contributed by atoms with Gasteiger partial charge in [-0.2, -0.15) is 5.06 Å². The van der Waals surface area contributed by atoms with E-state index in [9.17, 15) is 53.1 Å². The fourth-order valence-corrected chi connectivity index (χ4v) is 2.36. The number of hydroxylamine groups is 6. The van der Waals surface area contributed by atoms with Crippen LogP contribution in [0.5, 0.6) is 0 Å². The van der Waals surface area contributed by atoms with Crippen molar-refractivity contribution in [1.82, 2.24) is 15.2 Å². The van der Waals surface area contributed by atoms with Gasteiger partial charge in [-0.1, -0.05) is 7.43 Å². The molecular weight excluding hydrogens is 542 g/mol. The van der Waals surface area contributed by atoms with E-state index in [0.29, 0.717) is 0 Å². The summed E-state index contributed by atoms with van der Waals surface area (Å²) in [5, 5.41) is 41.7. The lowest BCUT2D eigenvalue weighted by atomic mass is 10.4. The summed E-state index contributed by atoms with van der Waals surface area (Å²) in [6.45, 7) is 0. The molecule has 0 aromatic rings. The molecule has 0 atom stereocenters. The number of carboxylic acids is 2. The maximum Gasteiger partial charge on any atom is 0.373 e. The van der Waals surface area contributed by atoms with Crippen molar-refractivity contribution in [3.05, 3.63) is 0 Å². The minimum Gasteiger partial charge on any atom is -0.479 e. The number of hydrogen-bond donors (Lipinski definition) is 5. The summed E-state index contributed by atoms with van der Waals surface area (Å²) in [5.41, 5.74) is 0. The van der Waals surface area contributed by atoms with Crippen LogP contribution in [-0.4, -0.2) is 112 Å². The zero-order valence-electron chi connectivity index (χ0n) is 18.9. The molecule has 20 nitrogen and oxygen atoms in total. The Morgan fingerprint density at radius 1 is 0.564 bits per heavy atom. The predicted molar refractivity (Wildman–Crippen MR) is 111 cm³/mol. The normalized spacial score (nSPS) is 16.5. The fraction of sp³-hybridized carbons (Fsp3) is 0.474. The Kier molecular flexibility index (Phi) is 13.0. The summed E-state index contributed by atoms with van der Waals surface area (Å²) in [7, 11) is 0. The number of aliphatic hydroxyl groups is 2. The van der Waals surface area contributed by atoms with Gasteiger partial charge < -0.3 is 30.1 Å². The molecule has 3 aliphatic heterocycles. The van der Waals surface area contributed by atoms with Gasteiger partial charge in [-0.25, -0.2) is 19.2 Å². The highest BCUT2D eigenvalue weighted by Crippen LogP contribution is 2.15. The minimum atomic E-state index is -2.53. The molecule has 0 unspecified atom stereocenters. The Bertz CT molecular complexity index is 957. The number of carboxylic acid groups (broad SMARTS) is 2.